The average Bonchev–Trinajstić information content (AvgIpc) is 3.08. The second-order valence-electron chi connectivity index (χ2n) is 5.43. The highest BCUT2D eigenvalue weighted by molar-refractivity contribution is 7.90. The number of amides is 2. The Morgan fingerprint density at radius 3 is 2.76 bits per heavy atom. The van der Waals surface area contributed by atoms with Gasteiger partial charge in [-0.3, -0.25) is 9.59 Å². The number of carbonyl (C=O) groups is 2. The number of aryl methyl sites for hydroxylation is 1. The van der Waals surface area contributed by atoms with Gasteiger partial charge in [0.15, 0.2) is 0 Å². The molecule has 2 heterocycles. The summed E-state index contributed by atoms with van der Waals surface area (Å²) in [5.41, 5.74) is 0.135. The second kappa shape index (κ2) is 6.89. The van der Waals surface area contributed by atoms with Gasteiger partial charge in [0, 0.05) is 19.4 Å². The predicted octanol–water partition coefficient (Wildman–Crippen LogP) is 1.66. The first-order valence-corrected chi connectivity index (χ1v) is 9.97. The number of hydrogen-bond donors (Lipinski definition) is 1. The first kappa shape index (κ1) is 17.5. The van der Waals surface area contributed by atoms with Gasteiger partial charge >= 0.3 is 0 Å². The fraction of sp³-hybridized carbons (Fsp3) is 0.333. The van der Waals surface area contributed by atoms with Crippen LogP contribution < -0.4 is 5.32 Å². The van der Waals surface area contributed by atoms with Gasteiger partial charge in [0.1, 0.15) is 9.90 Å². The largest absolute Gasteiger partial charge is 0.300 e. The van der Waals surface area contributed by atoms with Gasteiger partial charge in [0.25, 0.3) is 15.9 Å². The van der Waals surface area contributed by atoms with Crippen LogP contribution in [0, 0.1) is 0 Å². The van der Waals surface area contributed by atoms with Gasteiger partial charge in [-0.25, -0.2) is 12.7 Å². The molecule has 0 spiro atoms. The molecule has 3 rings (SSSR count). The van der Waals surface area contributed by atoms with Crippen LogP contribution in [-0.2, 0) is 21.2 Å². The molecule has 8 nitrogen and oxygen atoms in total. The number of rotatable bonds is 6. The van der Waals surface area contributed by atoms with Crippen molar-refractivity contribution in [2.75, 3.05) is 11.9 Å². The molecule has 0 bridgehead atoms. The lowest BCUT2D eigenvalue weighted by Gasteiger charge is -2.14. The number of nitrogens with zero attached hydrogens (tertiary/aromatic N) is 3. The zero-order valence-electron chi connectivity index (χ0n) is 13.4. The van der Waals surface area contributed by atoms with Crippen LogP contribution in [0.25, 0.3) is 0 Å². The molecular weight excluding hydrogens is 364 g/mol. The standard InChI is InChI=1S/C15H16N4O4S2/c1-2-5-13-17-18-15(24-13)16-12(20)8-9-19-14(21)10-6-3-4-7-11(10)25(19,22)23/h3-4,6-7H,2,5,8-9H2,1H3,(H,16,18,20). The fourth-order valence-corrected chi connectivity index (χ4v) is 4.88. The van der Waals surface area contributed by atoms with Crippen LogP contribution >= 0.6 is 11.3 Å². The Kier molecular flexibility index (Phi) is 4.82. The van der Waals surface area contributed by atoms with Crippen LogP contribution in [0.3, 0.4) is 0 Å². The van der Waals surface area contributed by atoms with Gasteiger partial charge in [-0.05, 0) is 18.6 Å². The first-order valence-electron chi connectivity index (χ1n) is 7.72. The maximum Gasteiger partial charge on any atom is 0.269 e. The Balaban J connectivity index is 1.63. The van der Waals surface area contributed by atoms with Gasteiger partial charge in [0.2, 0.25) is 11.0 Å². The van der Waals surface area contributed by atoms with Crippen molar-refractivity contribution < 1.29 is 18.0 Å². The molecule has 0 unspecified atom stereocenters. The van der Waals surface area contributed by atoms with Crippen LogP contribution in [0.15, 0.2) is 29.2 Å². The molecule has 0 saturated heterocycles. The van der Waals surface area contributed by atoms with Crippen LogP contribution in [-0.4, -0.2) is 41.3 Å². The molecule has 2 aromatic rings. The normalized spacial score (nSPS) is 15.2. The minimum absolute atomic E-state index is 0.0197. The Labute approximate surface area is 148 Å². The van der Waals surface area contributed by atoms with E-state index in [4.69, 9.17) is 0 Å². The zero-order valence-corrected chi connectivity index (χ0v) is 15.1. The fourth-order valence-electron chi connectivity index (χ4n) is 2.46. The van der Waals surface area contributed by atoms with E-state index in [0.717, 1.165) is 22.2 Å². The third-order valence-electron chi connectivity index (χ3n) is 3.63. The van der Waals surface area contributed by atoms with E-state index in [1.807, 2.05) is 6.92 Å². The maximum atomic E-state index is 12.4. The third-order valence-corrected chi connectivity index (χ3v) is 6.37. The van der Waals surface area contributed by atoms with Crippen molar-refractivity contribution in [1.29, 1.82) is 0 Å². The van der Waals surface area contributed by atoms with E-state index in [-0.39, 0.29) is 23.4 Å². The Morgan fingerprint density at radius 1 is 1.28 bits per heavy atom. The summed E-state index contributed by atoms with van der Waals surface area (Å²) in [4.78, 5) is 24.3. The van der Waals surface area contributed by atoms with Crippen LogP contribution in [0.4, 0.5) is 5.13 Å². The molecule has 0 aliphatic carbocycles. The molecule has 2 amide bonds. The minimum atomic E-state index is -3.89. The number of anilines is 1. The van der Waals surface area contributed by atoms with Gasteiger partial charge < -0.3 is 5.32 Å². The lowest BCUT2D eigenvalue weighted by atomic mass is 10.2. The van der Waals surface area contributed by atoms with E-state index in [0.29, 0.717) is 5.13 Å². The van der Waals surface area contributed by atoms with Crippen molar-refractivity contribution >= 4 is 38.3 Å². The lowest BCUT2D eigenvalue weighted by molar-refractivity contribution is -0.116. The number of nitrogens with one attached hydrogen (secondary N) is 1. The van der Waals surface area contributed by atoms with Crippen molar-refractivity contribution in [2.24, 2.45) is 0 Å². The van der Waals surface area contributed by atoms with Crippen molar-refractivity contribution in [3.8, 4) is 0 Å². The molecular formula is C15H16N4O4S2. The smallest absolute Gasteiger partial charge is 0.269 e. The van der Waals surface area contributed by atoms with E-state index in [2.05, 4.69) is 15.5 Å². The summed E-state index contributed by atoms with van der Waals surface area (Å²) in [7, 11) is -3.89. The van der Waals surface area contributed by atoms with E-state index in [1.54, 1.807) is 12.1 Å². The Bertz CT molecular complexity index is 923. The monoisotopic (exact) mass is 380 g/mol. The molecule has 10 heteroatoms. The van der Waals surface area contributed by atoms with Gasteiger partial charge in [-0.15, -0.1) is 10.2 Å². The Hall–Kier alpha value is -2.33. The molecule has 1 aromatic carbocycles. The highest BCUT2D eigenvalue weighted by Crippen LogP contribution is 2.29. The number of aromatic nitrogens is 2. The summed E-state index contributed by atoms with van der Waals surface area (Å²) < 4.78 is 25.5. The molecule has 1 N–H and O–H groups in total. The molecule has 0 fully saturated rings. The summed E-state index contributed by atoms with van der Waals surface area (Å²) >= 11 is 1.28. The maximum absolute atomic E-state index is 12.4. The quantitative estimate of drug-likeness (QED) is 0.816. The number of carbonyl (C=O) groups excluding carboxylic acids is 2. The summed E-state index contributed by atoms with van der Waals surface area (Å²) in [5, 5.41) is 11.6. The molecule has 1 aliphatic heterocycles. The van der Waals surface area contributed by atoms with Crippen molar-refractivity contribution in [3.05, 3.63) is 34.8 Å². The van der Waals surface area contributed by atoms with Crippen LogP contribution in [0.5, 0.6) is 0 Å². The van der Waals surface area contributed by atoms with E-state index >= 15 is 0 Å². The lowest BCUT2D eigenvalue weighted by Crippen LogP contribution is -2.33. The van der Waals surface area contributed by atoms with Gasteiger partial charge in [-0.2, -0.15) is 0 Å². The van der Waals surface area contributed by atoms with Crippen molar-refractivity contribution in [3.63, 3.8) is 0 Å². The number of fused-ring (bicyclic) bond motifs is 1. The highest BCUT2D eigenvalue weighted by Gasteiger charge is 2.40. The average molecular weight is 380 g/mol. The van der Waals surface area contributed by atoms with E-state index < -0.39 is 21.8 Å². The summed E-state index contributed by atoms with van der Waals surface area (Å²) in [6.45, 7) is 1.80. The molecule has 1 aliphatic rings. The third kappa shape index (κ3) is 3.40. The number of sulfonamides is 1. The summed E-state index contributed by atoms with van der Waals surface area (Å²) in [6.07, 6.45) is 1.56. The SMILES string of the molecule is CCCc1nnc(NC(=O)CCN2C(=O)c3ccccc3S2(=O)=O)s1. The first-order chi connectivity index (χ1) is 11.9. The second-order valence-corrected chi connectivity index (χ2v) is 8.32. The molecule has 1 aromatic heterocycles. The Morgan fingerprint density at radius 2 is 2.04 bits per heavy atom. The minimum Gasteiger partial charge on any atom is -0.300 e. The number of benzene rings is 1. The van der Waals surface area contributed by atoms with Gasteiger partial charge in [-0.1, -0.05) is 30.4 Å². The molecule has 0 atom stereocenters. The van der Waals surface area contributed by atoms with Crippen LogP contribution in [0.2, 0.25) is 0 Å². The molecule has 25 heavy (non-hydrogen) atoms. The van der Waals surface area contributed by atoms with E-state index in [1.165, 1.54) is 23.5 Å². The topological polar surface area (TPSA) is 109 Å². The van der Waals surface area contributed by atoms with Crippen LogP contribution in [0.1, 0.15) is 35.1 Å². The molecule has 0 saturated carbocycles. The molecule has 0 radical (unpaired) electrons. The zero-order chi connectivity index (χ0) is 18.0. The predicted molar refractivity (Wildman–Crippen MR) is 91.8 cm³/mol. The van der Waals surface area contributed by atoms with E-state index in [9.17, 15) is 18.0 Å². The number of hydrogen-bond acceptors (Lipinski definition) is 7. The summed E-state index contributed by atoms with van der Waals surface area (Å²) in [6, 6.07) is 6.01. The summed E-state index contributed by atoms with van der Waals surface area (Å²) in [5.74, 6) is -1.03. The van der Waals surface area contributed by atoms with Crippen molar-refractivity contribution in [2.45, 2.75) is 31.1 Å². The van der Waals surface area contributed by atoms with Crippen molar-refractivity contribution in [1.82, 2.24) is 14.5 Å². The van der Waals surface area contributed by atoms with Gasteiger partial charge in [0.05, 0.1) is 5.56 Å². The highest BCUT2D eigenvalue weighted by atomic mass is 32.2. The molecule has 132 valence electrons.